The number of methoxy groups -OCH3 is 1. The first-order valence-corrected chi connectivity index (χ1v) is 7.95. The number of carboxylic acids is 1. The Morgan fingerprint density at radius 3 is 2.86 bits per heavy atom. The normalized spacial score (nSPS) is 18.6. The third kappa shape index (κ3) is 3.72. The third-order valence-electron chi connectivity index (χ3n) is 3.24. The molecular formula is C13H17NO6S. The third-order valence-corrected chi connectivity index (χ3v) is 4.66. The number of ether oxygens (including phenoxy) is 2. The molecule has 0 unspecified atom stereocenters. The molecule has 0 saturated carbocycles. The first-order chi connectivity index (χ1) is 9.94. The van der Waals surface area contributed by atoms with E-state index in [4.69, 9.17) is 14.6 Å². The average molecular weight is 315 g/mol. The predicted octanol–water partition coefficient (Wildman–Crippen LogP) is 0.851. The summed E-state index contributed by atoms with van der Waals surface area (Å²) in [5.41, 5.74) is -0.197. The van der Waals surface area contributed by atoms with E-state index in [1.54, 1.807) is 0 Å². The van der Waals surface area contributed by atoms with Crippen molar-refractivity contribution in [1.29, 1.82) is 0 Å². The van der Waals surface area contributed by atoms with Gasteiger partial charge in [-0.1, -0.05) is 0 Å². The van der Waals surface area contributed by atoms with E-state index in [2.05, 4.69) is 4.72 Å². The second-order valence-corrected chi connectivity index (χ2v) is 6.42. The molecule has 1 aliphatic rings. The summed E-state index contributed by atoms with van der Waals surface area (Å²) >= 11 is 0. The summed E-state index contributed by atoms with van der Waals surface area (Å²) in [6.07, 6.45) is 1.60. The van der Waals surface area contributed by atoms with Crippen LogP contribution in [0.4, 0.5) is 0 Å². The molecule has 0 aliphatic carbocycles. The minimum atomic E-state index is -3.78. The van der Waals surface area contributed by atoms with Crippen LogP contribution in [0.3, 0.4) is 0 Å². The fourth-order valence-electron chi connectivity index (χ4n) is 2.11. The number of benzene rings is 1. The first-order valence-electron chi connectivity index (χ1n) is 6.46. The highest BCUT2D eigenvalue weighted by atomic mass is 32.2. The van der Waals surface area contributed by atoms with Gasteiger partial charge in [0.2, 0.25) is 10.0 Å². The summed E-state index contributed by atoms with van der Waals surface area (Å²) in [7, 11) is -2.45. The van der Waals surface area contributed by atoms with Gasteiger partial charge in [0.25, 0.3) is 0 Å². The molecule has 8 heteroatoms. The summed E-state index contributed by atoms with van der Waals surface area (Å²) in [6, 6.07) is 3.71. The molecule has 1 aromatic rings. The van der Waals surface area contributed by atoms with E-state index in [0.29, 0.717) is 6.61 Å². The second-order valence-electron chi connectivity index (χ2n) is 4.65. The van der Waals surface area contributed by atoms with Crippen molar-refractivity contribution in [3.05, 3.63) is 23.8 Å². The average Bonchev–Trinajstić information content (AvgIpc) is 2.97. The Morgan fingerprint density at radius 2 is 2.29 bits per heavy atom. The van der Waals surface area contributed by atoms with Crippen LogP contribution >= 0.6 is 0 Å². The van der Waals surface area contributed by atoms with Crippen molar-refractivity contribution in [3.63, 3.8) is 0 Å². The van der Waals surface area contributed by atoms with Gasteiger partial charge in [0.15, 0.2) is 0 Å². The fourth-order valence-corrected chi connectivity index (χ4v) is 3.20. The number of aromatic carboxylic acids is 1. The molecule has 21 heavy (non-hydrogen) atoms. The Morgan fingerprint density at radius 1 is 1.52 bits per heavy atom. The number of carboxylic acid groups (broad SMARTS) is 1. The van der Waals surface area contributed by atoms with E-state index in [9.17, 15) is 13.2 Å². The maximum absolute atomic E-state index is 12.2. The molecule has 0 aromatic heterocycles. The number of hydrogen-bond acceptors (Lipinski definition) is 5. The molecule has 1 atom stereocenters. The monoisotopic (exact) mass is 315 g/mol. The molecule has 2 N–H and O–H groups in total. The largest absolute Gasteiger partial charge is 0.496 e. The van der Waals surface area contributed by atoms with Gasteiger partial charge in [-0.25, -0.2) is 17.9 Å². The van der Waals surface area contributed by atoms with Crippen LogP contribution in [-0.2, 0) is 14.8 Å². The molecular weight excluding hydrogens is 298 g/mol. The van der Waals surface area contributed by atoms with Crippen LogP contribution in [0.1, 0.15) is 23.2 Å². The van der Waals surface area contributed by atoms with Gasteiger partial charge in [-0.05, 0) is 31.0 Å². The Labute approximate surface area is 122 Å². The van der Waals surface area contributed by atoms with E-state index < -0.39 is 16.0 Å². The van der Waals surface area contributed by atoms with E-state index in [1.807, 2.05) is 0 Å². The zero-order chi connectivity index (χ0) is 15.5. The Balaban J connectivity index is 2.18. The smallest absolute Gasteiger partial charge is 0.339 e. The topological polar surface area (TPSA) is 102 Å². The first kappa shape index (κ1) is 15.7. The van der Waals surface area contributed by atoms with Gasteiger partial charge in [0, 0.05) is 13.2 Å². The number of hydrogen-bond donors (Lipinski definition) is 2. The second kappa shape index (κ2) is 6.42. The summed E-state index contributed by atoms with van der Waals surface area (Å²) in [5.74, 6) is -1.14. The van der Waals surface area contributed by atoms with Gasteiger partial charge in [-0.15, -0.1) is 0 Å². The molecule has 0 spiro atoms. The van der Waals surface area contributed by atoms with E-state index >= 15 is 0 Å². The molecule has 0 amide bonds. The number of sulfonamides is 1. The van der Waals surface area contributed by atoms with Crippen LogP contribution in [0.5, 0.6) is 5.75 Å². The summed E-state index contributed by atoms with van der Waals surface area (Å²) < 4.78 is 37.0. The van der Waals surface area contributed by atoms with Crippen molar-refractivity contribution < 1.29 is 27.8 Å². The van der Waals surface area contributed by atoms with Crippen molar-refractivity contribution in [3.8, 4) is 5.75 Å². The van der Waals surface area contributed by atoms with Gasteiger partial charge in [-0.3, -0.25) is 0 Å². The van der Waals surface area contributed by atoms with Crippen molar-refractivity contribution in [2.45, 2.75) is 23.8 Å². The van der Waals surface area contributed by atoms with Gasteiger partial charge in [0.1, 0.15) is 11.3 Å². The van der Waals surface area contributed by atoms with Crippen LogP contribution in [0.15, 0.2) is 23.1 Å². The molecule has 2 rings (SSSR count). The molecule has 1 fully saturated rings. The zero-order valence-electron chi connectivity index (χ0n) is 11.5. The van der Waals surface area contributed by atoms with Crippen LogP contribution < -0.4 is 9.46 Å². The molecule has 7 nitrogen and oxygen atoms in total. The molecule has 116 valence electrons. The Hall–Kier alpha value is -1.64. The molecule has 1 heterocycles. The van der Waals surface area contributed by atoms with Crippen molar-refractivity contribution in [2.24, 2.45) is 0 Å². The lowest BCUT2D eigenvalue weighted by Crippen LogP contribution is -2.31. The molecule has 1 aromatic carbocycles. The van der Waals surface area contributed by atoms with E-state index in [1.165, 1.54) is 19.2 Å². The minimum absolute atomic E-state index is 0.112. The highest BCUT2D eigenvalue weighted by Gasteiger charge is 2.22. The Kier molecular flexibility index (Phi) is 4.81. The fraction of sp³-hybridized carbons (Fsp3) is 0.462. The van der Waals surface area contributed by atoms with Gasteiger partial charge in [-0.2, -0.15) is 0 Å². The van der Waals surface area contributed by atoms with Gasteiger partial charge < -0.3 is 14.6 Å². The van der Waals surface area contributed by atoms with Crippen molar-refractivity contribution in [1.82, 2.24) is 4.72 Å². The van der Waals surface area contributed by atoms with Crippen LogP contribution in [0.2, 0.25) is 0 Å². The van der Waals surface area contributed by atoms with E-state index in [0.717, 1.165) is 18.9 Å². The maximum atomic E-state index is 12.2. The highest BCUT2D eigenvalue weighted by molar-refractivity contribution is 7.89. The summed E-state index contributed by atoms with van der Waals surface area (Å²) in [6.45, 7) is 0.814. The van der Waals surface area contributed by atoms with Crippen molar-refractivity contribution in [2.75, 3.05) is 20.3 Å². The molecule has 0 radical (unpaired) electrons. The van der Waals surface area contributed by atoms with Gasteiger partial charge >= 0.3 is 5.97 Å². The van der Waals surface area contributed by atoms with Crippen LogP contribution in [-0.4, -0.2) is 45.9 Å². The van der Waals surface area contributed by atoms with Crippen molar-refractivity contribution >= 4 is 16.0 Å². The SMILES string of the molecule is COc1ccc(S(=O)(=O)NC[C@H]2CCCO2)cc1C(=O)O. The quantitative estimate of drug-likeness (QED) is 0.807. The standard InChI is InChI=1S/C13H17NO6S/c1-19-12-5-4-10(7-11(12)13(15)16)21(17,18)14-8-9-3-2-6-20-9/h4-5,7,9,14H,2-3,6,8H2,1H3,(H,15,16)/t9-/m1/s1. The number of carbonyl (C=O) groups is 1. The lowest BCUT2D eigenvalue weighted by molar-refractivity contribution is 0.0693. The zero-order valence-corrected chi connectivity index (χ0v) is 12.4. The minimum Gasteiger partial charge on any atom is -0.496 e. The van der Waals surface area contributed by atoms with E-state index in [-0.39, 0.29) is 28.9 Å². The summed E-state index contributed by atoms with van der Waals surface area (Å²) in [4.78, 5) is 11.0. The Bertz CT molecular complexity index is 622. The number of nitrogens with one attached hydrogen (secondary N) is 1. The highest BCUT2D eigenvalue weighted by Crippen LogP contribution is 2.22. The molecule has 0 bridgehead atoms. The molecule has 1 saturated heterocycles. The number of rotatable bonds is 6. The lowest BCUT2D eigenvalue weighted by Gasteiger charge is -2.12. The van der Waals surface area contributed by atoms with Crippen LogP contribution in [0.25, 0.3) is 0 Å². The summed E-state index contributed by atoms with van der Waals surface area (Å²) in [5, 5.41) is 9.07. The molecule has 1 aliphatic heterocycles. The predicted molar refractivity (Wildman–Crippen MR) is 74.1 cm³/mol. The lowest BCUT2D eigenvalue weighted by atomic mass is 10.2. The van der Waals surface area contributed by atoms with Crippen LogP contribution in [0, 0.1) is 0 Å². The van der Waals surface area contributed by atoms with Gasteiger partial charge in [0.05, 0.1) is 18.1 Å². The maximum Gasteiger partial charge on any atom is 0.339 e.